The van der Waals surface area contributed by atoms with Gasteiger partial charge < -0.3 is 5.11 Å². The van der Waals surface area contributed by atoms with Crippen molar-refractivity contribution in [3.8, 4) is 0 Å². The van der Waals surface area contributed by atoms with Crippen molar-refractivity contribution in [3.63, 3.8) is 0 Å². The Morgan fingerprint density at radius 1 is 1.88 bits per heavy atom. The summed E-state index contributed by atoms with van der Waals surface area (Å²) in [5.41, 5.74) is -0.792. The maximum absolute atomic E-state index is 10.2. The number of carbonyl (C=O) groups is 1. The van der Waals surface area contributed by atoms with E-state index in [-0.39, 0.29) is 0 Å². The summed E-state index contributed by atoms with van der Waals surface area (Å²) in [7, 11) is 0. The minimum absolute atomic E-state index is 0.572. The molecule has 0 aromatic rings. The van der Waals surface area contributed by atoms with Crippen molar-refractivity contribution >= 4 is 5.97 Å². The fourth-order valence-corrected chi connectivity index (χ4v) is 0.151. The fourth-order valence-electron chi connectivity index (χ4n) is 0.151. The molecule has 2 nitrogen and oxygen atoms in total. The fraction of sp³-hybridized carbons (Fsp3) is 0.667. The molecule has 1 unspecified atom stereocenters. The highest BCUT2D eigenvalue weighted by Crippen LogP contribution is 2.17. The summed E-state index contributed by atoms with van der Waals surface area (Å²) in [5, 5.41) is 8.38. The third-order valence-electron chi connectivity index (χ3n) is 1.30. The van der Waals surface area contributed by atoms with Crippen LogP contribution in [0, 0.1) is 12.3 Å². The van der Waals surface area contributed by atoms with Crippen LogP contribution < -0.4 is 0 Å². The SMILES string of the molecule is [CH2]C(C)(CC)C(=O)O. The highest BCUT2D eigenvalue weighted by Gasteiger charge is 2.23. The molecule has 0 aliphatic carbocycles. The summed E-state index contributed by atoms with van der Waals surface area (Å²) in [5.74, 6) is -0.833. The van der Waals surface area contributed by atoms with E-state index in [2.05, 4.69) is 6.92 Å². The van der Waals surface area contributed by atoms with E-state index in [0.717, 1.165) is 0 Å². The lowest BCUT2D eigenvalue weighted by molar-refractivity contribution is -0.145. The Morgan fingerprint density at radius 2 is 2.25 bits per heavy atom. The Kier molecular flexibility index (Phi) is 2.02. The monoisotopic (exact) mass is 115 g/mol. The Hall–Kier alpha value is -0.530. The Labute approximate surface area is 49.5 Å². The van der Waals surface area contributed by atoms with Crippen LogP contribution in [0.25, 0.3) is 0 Å². The van der Waals surface area contributed by atoms with Crippen LogP contribution in [0.4, 0.5) is 0 Å². The van der Waals surface area contributed by atoms with Crippen LogP contribution in [-0.2, 0) is 4.79 Å². The van der Waals surface area contributed by atoms with Crippen LogP contribution in [0.2, 0.25) is 0 Å². The highest BCUT2D eigenvalue weighted by molar-refractivity contribution is 5.74. The normalized spacial score (nSPS) is 11.4. The first-order valence-corrected chi connectivity index (χ1v) is 2.59. The zero-order chi connectivity index (χ0) is 6.78. The summed E-state index contributed by atoms with van der Waals surface area (Å²) in [6.45, 7) is 6.90. The van der Waals surface area contributed by atoms with Gasteiger partial charge in [0.1, 0.15) is 0 Å². The molecule has 0 aromatic carbocycles. The van der Waals surface area contributed by atoms with E-state index in [1.54, 1.807) is 13.8 Å². The van der Waals surface area contributed by atoms with E-state index < -0.39 is 11.4 Å². The Bertz CT molecular complexity index is 94.7. The molecular weight excluding hydrogens is 104 g/mol. The average molecular weight is 115 g/mol. The zero-order valence-electron chi connectivity index (χ0n) is 5.27. The largest absolute Gasteiger partial charge is 0.481 e. The number of rotatable bonds is 2. The number of hydrogen-bond acceptors (Lipinski definition) is 1. The average Bonchev–Trinajstić information content (AvgIpc) is 1.67. The van der Waals surface area contributed by atoms with Crippen molar-refractivity contribution in [1.29, 1.82) is 0 Å². The van der Waals surface area contributed by atoms with Gasteiger partial charge in [-0.3, -0.25) is 4.79 Å². The number of carboxylic acids is 1. The molecule has 1 N–H and O–H groups in total. The molecule has 2 heteroatoms. The van der Waals surface area contributed by atoms with Crippen LogP contribution in [0.5, 0.6) is 0 Å². The molecule has 0 saturated carbocycles. The summed E-state index contributed by atoms with van der Waals surface area (Å²) in [4.78, 5) is 10.2. The molecule has 0 saturated heterocycles. The van der Waals surface area contributed by atoms with Gasteiger partial charge in [0.15, 0.2) is 0 Å². The summed E-state index contributed by atoms with van der Waals surface area (Å²) in [6, 6.07) is 0. The topological polar surface area (TPSA) is 37.3 Å². The van der Waals surface area contributed by atoms with E-state index in [1.807, 2.05) is 0 Å². The van der Waals surface area contributed by atoms with Gasteiger partial charge in [0.2, 0.25) is 0 Å². The second-order valence-corrected chi connectivity index (χ2v) is 2.22. The van der Waals surface area contributed by atoms with E-state index in [0.29, 0.717) is 6.42 Å². The Balaban J connectivity index is 3.91. The van der Waals surface area contributed by atoms with Gasteiger partial charge in [0.25, 0.3) is 0 Å². The second-order valence-electron chi connectivity index (χ2n) is 2.22. The van der Waals surface area contributed by atoms with Crippen molar-refractivity contribution in [2.45, 2.75) is 20.3 Å². The first-order valence-electron chi connectivity index (χ1n) is 2.59. The molecule has 0 spiro atoms. The van der Waals surface area contributed by atoms with Crippen molar-refractivity contribution < 1.29 is 9.90 Å². The quantitative estimate of drug-likeness (QED) is 0.589. The smallest absolute Gasteiger partial charge is 0.309 e. The molecule has 0 rings (SSSR count). The molecule has 0 fully saturated rings. The van der Waals surface area contributed by atoms with Gasteiger partial charge in [-0.2, -0.15) is 0 Å². The van der Waals surface area contributed by atoms with Gasteiger partial charge in [-0.05, 0) is 20.3 Å². The lowest BCUT2D eigenvalue weighted by atomic mass is 9.91. The number of carboxylic acid groups (broad SMARTS) is 1. The molecule has 1 radical (unpaired) electrons. The van der Waals surface area contributed by atoms with Crippen molar-refractivity contribution in [3.05, 3.63) is 6.92 Å². The molecule has 0 aliphatic heterocycles. The van der Waals surface area contributed by atoms with E-state index >= 15 is 0 Å². The van der Waals surface area contributed by atoms with Gasteiger partial charge in [-0.25, -0.2) is 0 Å². The summed E-state index contributed by atoms with van der Waals surface area (Å²) < 4.78 is 0. The molecular formula is C6H11O2. The zero-order valence-corrected chi connectivity index (χ0v) is 5.27. The van der Waals surface area contributed by atoms with Crippen LogP contribution in [-0.4, -0.2) is 11.1 Å². The number of aliphatic carboxylic acids is 1. The van der Waals surface area contributed by atoms with Crippen LogP contribution in [0.15, 0.2) is 0 Å². The van der Waals surface area contributed by atoms with Gasteiger partial charge >= 0.3 is 5.97 Å². The van der Waals surface area contributed by atoms with Gasteiger partial charge in [0.05, 0.1) is 5.41 Å². The molecule has 47 valence electrons. The highest BCUT2D eigenvalue weighted by atomic mass is 16.4. The lowest BCUT2D eigenvalue weighted by Gasteiger charge is -2.14. The molecule has 0 heterocycles. The number of hydrogen-bond donors (Lipinski definition) is 1. The molecule has 0 aliphatic rings. The molecule has 0 bridgehead atoms. The van der Waals surface area contributed by atoms with Gasteiger partial charge in [0, 0.05) is 0 Å². The van der Waals surface area contributed by atoms with Crippen molar-refractivity contribution in [2.75, 3.05) is 0 Å². The summed E-state index contributed by atoms with van der Waals surface area (Å²) in [6.07, 6.45) is 0.572. The van der Waals surface area contributed by atoms with Crippen LogP contribution >= 0.6 is 0 Å². The van der Waals surface area contributed by atoms with E-state index in [9.17, 15) is 4.79 Å². The first-order chi connectivity index (χ1) is 3.50. The van der Waals surface area contributed by atoms with Crippen molar-refractivity contribution in [2.24, 2.45) is 5.41 Å². The molecule has 8 heavy (non-hydrogen) atoms. The van der Waals surface area contributed by atoms with Crippen LogP contribution in [0.3, 0.4) is 0 Å². The van der Waals surface area contributed by atoms with E-state index in [4.69, 9.17) is 5.11 Å². The van der Waals surface area contributed by atoms with Crippen LogP contribution in [0.1, 0.15) is 20.3 Å². The van der Waals surface area contributed by atoms with E-state index in [1.165, 1.54) is 0 Å². The van der Waals surface area contributed by atoms with Gasteiger partial charge in [-0.15, -0.1) is 0 Å². The Morgan fingerprint density at radius 3 is 2.25 bits per heavy atom. The molecule has 0 amide bonds. The maximum Gasteiger partial charge on any atom is 0.309 e. The predicted octanol–water partition coefficient (Wildman–Crippen LogP) is 1.32. The third kappa shape index (κ3) is 1.52. The predicted molar refractivity (Wildman–Crippen MR) is 31.4 cm³/mol. The lowest BCUT2D eigenvalue weighted by Crippen LogP contribution is -2.22. The van der Waals surface area contributed by atoms with Crippen molar-refractivity contribution in [1.82, 2.24) is 0 Å². The third-order valence-corrected chi connectivity index (χ3v) is 1.30. The summed E-state index contributed by atoms with van der Waals surface area (Å²) >= 11 is 0. The standard InChI is InChI=1S/C6H11O2/c1-4-6(2,3)5(7)8/h2,4H2,1,3H3,(H,7,8). The molecule has 0 aromatic heterocycles. The minimum atomic E-state index is -0.833. The minimum Gasteiger partial charge on any atom is -0.481 e. The second kappa shape index (κ2) is 2.16. The van der Waals surface area contributed by atoms with Gasteiger partial charge in [-0.1, -0.05) is 6.92 Å². The molecule has 1 atom stereocenters. The first kappa shape index (κ1) is 7.47. The maximum atomic E-state index is 10.2.